The number of nitriles is 1. The second-order valence-electron chi connectivity index (χ2n) is 3.95. The lowest BCUT2D eigenvalue weighted by Crippen LogP contribution is -2.27. The van der Waals surface area contributed by atoms with Crippen molar-refractivity contribution in [3.05, 3.63) is 0 Å². The molecule has 0 heterocycles. The molecule has 3 nitrogen and oxygen atoms in total. The monoisotopic (exact) mass is 182 g/mol. The molecule has 0 saturated heterocycles. The molecule has 0 amide bonds. The summed E-state index contributed by atoms with van der Waals surface area (Å²) in [6.07, 6.45) is 5.03. The number of unbranched alkanes of at least 4 members (excludes halogenated alkanes) is 2. The Hall–Kier alpha value is -0.590. The van der Waals surface area contributed by atoms with Crippen LogP contribution in [-0.4, -0.2) is 24.8 Å². The fourth-order valence-electron chi connectivity index (χ4n) is 1.38. The predicted molar refractivity (Wildman–Crippen MR) is 51.1 cm³/mol. The highest BCUT2D eigenvalue weighted by molar-refractivity contribution is 4.94. The molecule has 0 aromatic heterocycles. The van der Waals surface area contributed by atoms with Crippen LogP contribution in [0.15, 0.2) is 0 Å². The second-order valence-corrected chi connectivity index (χ2v) is 3.95. The summed E-state index contributed by atoms with van der Waals surface area (Å²) in [5.41, 5.74) is 0.217. The smallest absolute Gasteiger partial charge is 0.0621 e. The van der Waals surface area contributed by atoms with Crippen molar-refractivity contribution in [2.45, 2.75) is 32.1 Å². The van der Waals surface area contributed by atoms with Gasteiger partial charge in [0.25, 0.3) is 0 Å². The van der Waals surface area contributed by atoms with Crippen LogP contribution in [0.4, 0.5) is 0 Å². The number of rotatable bonds is 7. The van der Waals surface area contributed by atoms with E-state index < -0.39 is 0 Å². The van der Waals surface area contributed by atoms with Crippen molar-refractivity contribution in [1.29, 1.82) is 5.26 Å². The van der Waals surface area contributed by atoms with Crippen LogP contribution in [0.3, 0.4) is 0 Å². The van der Waals surface area contributed by atoms with E-state index in [2.05, 4.69) is 11.4 Å². The molecule has 0 atom stereocenters. The summed E-state index contributed by atoms with van der Waals surface area (Å²) in [7, 11) is 0. The summed E-state index contributed by atoms with van der Waals surface area (Å²) >= 11 is 0. The minimum Gasteiger partial charge on any atom is -0.396 e. The summed E-state index contributed by atoms with van der Waals surface area (Å²) in [5.74, 6) is 0. The average molecular weight is 182 g/mol. The number of aliphatic hydroxyl groups excluding tert-OH is 1. The number of nitrogens with zero attached hydrogens (tertiary/aromatic N) is 1. The highest BCUT2D eigenvalue weighted by Gasteiger charge is 2.41. The van der Waals surface area contributed by atoms with Crippen molar-refractivity contribution in [1.82, 2.24) is 5.32 Å². The van der Waals surface area contributed by atoms with Gasteiger partial charge in [0.05, 0.1) is 6.07 Å². The first-order chi connectivity index (χ1) is 6.33. The molecule has 0 bridgehead atoms. The molecule has 0 aromatic carbocycles. The van der Waals surface area contributed by atoms with Gasteiger partial charge in [-0.15, -0.1) is 0 Å². The average Bonchev–Trinajstić information content (AvgIpc) is 2.92. The van der Waals surface area contributed by atoms with Gasteiger partial charge in [0.1, 0.15) is 0 Å². The van der Waals surface area contributed by atoms with Crippen LogP contribution in [0.25, 0.3) is 0 Å². The van der Waals surface area contributed by atoms with Crippen LogP contribution in [-0.2, 0) is 0 Å². The molecule has 1 aliphatic rings. The first-order valence-electron chi connectivity index (χ1n) is 5.01. The SMILES string of the molecule is N#CCCCCNCC1(CO)CC1. The molecular weight excluding hydrogens is 164 g/mol. The van der Waals surface area contributed by atoms with Crippen LogP contribution >= 0.6 is 0 Å². The molecule has 1 rings (SSSR count). The Morgan fingerprint density at radius 2 is 2.15 bits per heavy atom. The minimum atomic E-state index is 0.217. The minimum absolute atomic E-state index is 0.217. The Balaban J connectivity index is 1.87. The number of aliphatic hydroxyl groups is 1. The summed E-state index contributed by atoms with van der Waals surface area (Å²) in [5, 5.41) is 20.6. The van der Waals surface area contributed by atoms with Gasteiger partial charge >= 0.3 is 0 Å². The molecule has 1 aliphatic carbocycles. The molecule has 2 N–H and O–H groups in total. The Kier molecular flexibility index (Phi) is 4.20. The Labute approximate surface area is 79.8 Å². The molecule has 0 unspecified atom stereocenters. The zero-order valence-electron chi connectivity index (χ0n) is 8.05. The number of hydrogen-bond donors (Lipinski definition) is 2. The lowest BCUT2D eigenvalue weighted by atomic mass is 10.1. The van der Waals surface area contributed by atoms with Crippen LogP contribution in [0.2, 0.25) is 0 Å². The van der Waals surface area contributed by atoms with E-state index in [0.717, 1.165) is 38.8 Å². The van der Waals surface area contributed by atoms with Gasteiger partial charge in [0.15, 0.2) is 0 Å². The Morgan fingerprint density at radius 1 is 1.38 bits per heavy atom. The molecule has 1 saturated carbocycles. The third-order valence-electron chi connectivity index (χ3n) is 2.68. The van der Waals surface area contributed by atoms with Gasteiger partial charge in [0.2, 0.25) is 0 Å². The molecular formula is C10H18N2O. The molecule has 0 radical (unpaired) electrons. The van der Waals surface area contributed by atoms with Gasteiger partial charge in [-0.25, -0.2) is 0 Å². The summed E-state index contributed by atoms with van der Waals surface area (Å²) in [6, 6.07) is 2.13. The van der Waals surface area contributed by atoms with Gasteiger partial charge in [-0.2, -0.15) is 5.26 Å². The highest BCUT2D eigenvalue weighted by Crippen LogP contribution is 2.44. The number of hydrogen-bond acceptors (Lipinski definition) is 3. The van der Waals surface area contributed by atoms with Crippen molar-refractivity contribution >= 4 is 0 Å². The quantitative estimate of drug-likeness (QED) is 0.578. The largest absolute Gasteiger partial charge is 0.396 e. The second kappa shape index (κ2) is 5.21. The van der Waals surface area contributed by atoms with Crippen LogP contribution in [0.5, 0.6) is 0 Å². The normalized spacial score (nSPS) is 18.2. The molecule has 1 fully saturated rings. The lowest BCUT2D eigenvalue weighted by molar-refractivity contribution is 0.208. The Morgan fingerprint density at radius 3 is 2.69 bits per heavy atom. The maximum Gasteiger partial charge on any atom is 0.0621 e. The lowest BCUT2D eigenvalue weighted by Gasteiger charge is -2.11. The van der Waals surface area contributed by atoms with E-state index in [1.165, 1.54) is 0 Å². The molecule has 0 aliphatic heterocycles. The van der Waals surface area contributed by atoms with Crippen molar-refractivity contribution in [3.8, 4) is 6.07 Å². The first kappa shape index (κ1) is 10.5. The number of nitrogens with one attached hydrogen (secondary N) is 1. The highest BCUT2D eigenvalue weighted by atomic mass is 16.3. The molecule has 74 valence electrons. The van der Waals surface area contributed by atoms with E-state index in [1.54, 1.807) is 0 Å². The van der Waals surface area contributed by atoms with Crippen LogP contribution < -0.4 is 5.32 Å². The molecule has 3 heteroatoms. The first-order valence-corrected chi connectivity index (χ1v) is 5.01. The third-order valence-corrected chi connectivity index (χ3v) is 2.68. The topological polar surface area (TPSA) is 56.0 Å². The van der Waals surface area contributed by atoms with Crippen molar-refractivity contribution in [3.63, 3.8) is 0 Å². The summed E-state index contributed by atoms with van der Waals surface area (Å²) < 4.78 is 0. The molecule has 13 heavy (non-hydrogen) atoms. The third kappa shape index (κ3) is 3.75. The fourth-order valence-corrected chi connectivity index (χ4v) is 1.38. The molecule has 0 spiro atoms. The fraction of sp³-hybridized carbons (Fsp3) is 0.900. The van der Waals surface area contributed by atoms with Crippen molar-refractivity contribution in [2.75, 3.05) is 19.7 Å². The zero-order valence-corrected chi connectivity index (χ0v) is 8.05. The summed E-state index contributed by atoms with van der Waals surface area (Å²) in [6.45, 7) is 2.23. The summed E-state index contributed by atoms with van der Waals surface area (Å²) in [4.78, 5) is 0. The van der Waals surface area contributed by atoms with Gasteiger partial charge in [-0.05, 0) is 32.2 Å². The van der Waals surface area contributed by atoms with Gasteiger partial charge in [0, 0.05) is 25.0 Å². The van der Waals surface area contributed by atoms with Gasteiger partial charge in [-0.3, -0.25) is 0 Å². The maximum absolute atomic E-state index is 9.01. The van der Waals surface area contributed by atoms with Gasteiger partial charge < -0.3 is 10.4 Å². The maximum atomic E-state index is 9.01. The standard InChI is InChI=1S/C10H18N2O/c11-6-2-1-3-7-12-8-10(9-13)4-5-10/h12-13H,1-5,7-9H2. The van der Waals surface area contributed by atoms with E-state index >= 15 is 0 Å². The van der Waals surface area contributed by atoms with Crippen LogP contribution in [0.1, 0.15) is 32.1 Å². The van der Waals surface area contributed by atoms with E-state index in [0.29, 0.717) is 13.0 Å². The molecule has 0 aromatic rings. The van der Waals surface area contributed by atoms with E-state index in [4.69, 9.17) is 10.4 Å². The Bertz CT molecular complexity index is 182. The van der Waals surface area contributed by atoms with Gasteiger partial charge in [-0.1, -0.05) is 0 Å². The van der Waals surface area contributed by atoms with Crippen molar-refractivity contribution < 1.29 is 5.11 Å². The zero-order chi connectivity index (χ0) is 9.57. The van der Waals surface area contributed by atoms with E-state index in [-0.39, 0.29) is 5.41 Å². The van der Waals surface area contributed by atoms with Crippen molar-refractivity contribution in [2.24, 2.45) is 5.41 Å². The van der Waals surface area contributed by atoms with E-state index in [1.807, 2.05) is 0 Å². The van der Waals surface area contributed by atoms with Crippen LogP contribution in [0, 0.1) is 16.7 Å². The van der Waals surface area contributed by atoms with E-state index in [9.17, 15) is 0 Å². The predicted octanol–water partition coefficient (Wildman–Crippen LogP) is 1.04.